The molecule has 0 saturated heterocycles. The van der Waals surface area contributed by atoms with Crippen molar-refractivity contribution < 1.29 is 5.11 Å². The van der Waals surface area contributed by atoms with E-state index >= 15 is 0 Å². The molecule has 0 aliphatic heterocycles. The van der Waals surface area contributed by atoms with Crippen molar-refractivity contribution in [1.29, 1.82) is 0 Å². The Bertz CT molecular complexity index is 275. The maximum absolute atomic E-state index is 10.6. The lowest BCUT2D eigenvalue weighted by atomic mass is 9.60. The normalized spacial score (nSPS) is 35.1. The Labute approximate surface area is 98.9 Å². The van der Waals surface area contributed by atoms with Crippen LogP contribution >= 0.6 is 0 Å². The monoisotopic (exact) mass is 223 g/mol. The number of hydrogen-bond acceptors (Lipinski definition) is 2. The maximum atomic E-state index is 10.6. The zero-order chi connectivity index (χ0) is 11.8. The minimum atomic E-state index is -0.183. The Balaban J connectivity index is 2.05. The first-order valence-electron chi connectivity index (χ1n) is 6.63. The van der Waals surface area contributed by atoms with Crippen molar-refractivity contribution in [3.8, 4) is 0 Å². The molecule has 16 heavy (non-hydrogen) atoms. The lowest BCUT2D eigenvalue weighted by molar-refractivity contribution is -0.0675. The van der Waals surface area contributed by atoms with E-state index in [1.54, 1.807) is 0 Å². The summed E-state index contributed by atoms with van der Waals surface area (Å²) in [6, 6.07) is 0. The minimum absolute atomic E-state index is 0.0575. The summed E-state index contributed by atoms with van der Waals surface area (Å²) in [5.41, 5.74) is 7.37. The van der Waals surface area contributed by atoms with Gasteiger partial charge in [-0.1, -0.05) is 25.0 Å². The van der Waals surface area contributed by atoms with Gasteiger partial charge in [-0.2, -0.15) is 0 Å². The van der Waals surface area contributed by atoms with Crippen LogP contribution in [-0.4, -0.2) is 17.8 Å². The summed E-state index contributed by atoms with van der Waals surface area (Å²) in [6.45, 7) is 5.09. The molecule has 0 bridgehead atoms. The topological polar surface area (TPSA) is 46.2 Å². The van der Waals surface area contributed by atoms with E-state index in [4.69, 9.17) is 5.73 Å². The second-order valence-corrected chi connectivity index (χ2v) is 6.06. The summed E-state index contributed by atoms with van der Waals surface area (Å²) >= 11 is 0. The lowest BCUT2D eigenvalue weighted by Crippen LogP contribution is -2.50. The Morgan fingerprint density at radius 3 is 2.69 bits per heavy atom. The molecule has 2 heteroatoms. The van der Waals surface area contributed by atoms with Crippen LogP contribution < -0.4 is 5.73 Å². The Hall–Kier alpha value is -0.340. The molecule has 2 aliphatic rings. The van der Waals surface area contributed by atoms with Gasteiger partial charge >= 0.3 is 0 Å². The average molecular weight is 223 g/mol. The smallest absolute Gasteiger partial charge is 0.0639 e. The van der Waals surface area contributed by atoms with Gasteiger partial charge in [0.2, 0.25) is 0 Å². The van der Waals surface area contributed by atoms with Crippen LogP contribution in [0.1, 0.15) is 46.0 Å². The fourth-order valence-electron chi connectivity index (χ4n) is 3.59. The summed E-state index contributed by atoms with van der Waals surface area (Å²) in [6.07, 6.45) is 7.84. The van der Waals surface area contributed by atoms with Crippen LogP contribution in [-0.2, 0) is 0 Å². The number of aliphatic hydroxyl groups excluding tert-OH is 1. The van der Waals surface area contributed by atoms with Crippen molar-refractivity contribution in [3.05, 3.63) is 11.6 Å². The van der Waals surface area contributed by atoms with Crippen molar-refractivity contribution in [2.75, 3.05) is 6.54 Å². The summed E-state index contributed by atoms with van der Waals surface area (Å²) in [4.78, 5) is 0. The zero-order valence-electron chi connectivity index (χ0n) is 10.6. The van der Waals surface area contributed by atoms with Gasteiger partial charge in [-0.3, -0.25) is 0 Å². The molecule has 2 aliphatic carbocycles. The van der Waals surface area contributed by atoms with E-state index in [1.807, 2.05) is 0 Å². The van der Waals surface area contributed by atoms with Crippen molar-refractivity contribution in [3.63, 3.8) is 0 Å². The van der Waals surface area contributed by atoms with Gasteiger partial charge in [-0.25, -0.2) is 0 Å². The molecule has 0 aromatic carbocycles. The highest BCUT2D eigenvalue weighted by atomic mass is 16.3. The number of hydrogen-bond donors (Lipinski definition) is 2. The Morgan fingerprint density at radius 1 is 1.56 bits per heavy atom. The maximum Gasteiger partial charge on any atom is 0.0639 e. The molecule has 0 spiro atoms. The van der Waals surface area contributed by atoms with E-state index in [1.165, 1.54) is 12.0 Å². The van der Waals surface area contributed by atoms with Crippen LogP contribution in [0.25, 0.3) is 0 Å². The third-order valence-corrected chi connectivity index (χ3v) is 4.66. The van der Waals surface area contributed by atoms with E-state index in [0.29, 0.717) is 18.4 Å². The molecule has 2 nitrogen and oxygen atoms in total. The van der Waals surface area contributed by atoms with Crippen LogP contribution in [0, 0.1) is 17.3 Å². The lowest BCUT2D eigenvalue weighted by Gasteiger charge is -2.48. The Morgan fingerprint density at radius 2 is 2.25 bits per heavy atom. The fraction of sp³-hybridized carbons (Fsp3) is 0.857. The highest BCUT2D eigenvalue weighted by Crippen LogP contribution is 2.48. The predicted octanol–water partition coefficient (Wildman–Crippen LogP) is 2.47. The largest absolute Gasteiger partial charge is 0.392 e. The van der Waals surface area contributed by atoms with Crippen LogP contribution in [0.15, 0.2) is 11.6 Å². The van der Waals surface area contributed by atoms with Crippen molar-refractivity contribution in [1.82, 2.24) is 0 Å². The molecule has 0 amide bonds. The minimum Gasteiger partial charge on any atom is -0.392 e. The van der Waals surface area contributed by atoms with E-state index in [0.717, 1.165) is 25.7 Å². The first-order valence-corrected chi connectivity index (χ1v) is 6.63. The summed E-state index contributed by atoms with van der Waals surface area (Å²) < 4.78 is 0. The number of rotatable bonds is 3. The van der Waals surface area contributed by atoms with Crippen molar-refractivity contribution in [2.24, 2.45) is 23.0 Å². The SMILES string of the molecule is CC1=CC(C)CC(C(O)C2(CN)CCC2)C1. The van der Waals surface area contributed by atoms with Crippen molar-refractivity contribution in [2.45, 2.75) is 52.1 Å². The van der Waals surface area contributed by atoms with E-state index in [-0.39, 0.29) is 11.5 Å². The highest BCUT2D eigenvalue weighted by Gasteiger charge is 2.45. The van der Waals surface area contributed by atoms with Crippen molar-refractivity contribution >= 4 is 0 Å². The quantitative estimate of drug-likeness (QED) is 0.722. The summed E-state index contributed by atoms with van der Waals surface area (Å²) in [5.74, 6) is 1.05. The van der Waals surface area contributed by atoms with Crippen LogP contribution in [0.5, 0.6) is 0 Å². The second-order valence-electron chi connectivity index (χ2n) is 6.06. The molecule has 92 valence electrons. The van der Waals surface area contributed by atoms with Gasteiger partial charge in [0.15, 0.2) is 0 Å². The second kappa shape index (κ2) is 4.50. The van der Waals surface area contributed by atoms with E-state index < -0.39 is 0 Å². The molecule has 1 saturated carbocycles. The van der Waals surface area contributed by atoms with Gasteiger partial charge in [-0.15, -0.1) is 0 Å². The molecular formula is C14H25NO. The molecule has 0 radical (unpaired) electrons. The molecule has 0 heterocycles. The van der Waals surface area contributed by atoms with Gasteiger partial charge in [0.05, 0.1) is 6.10 Å². The molecular weight excluding hydrogens is 198 g/mol. The Kier molecular flexibility index (Phi) is 3.41. The van der Waals surface area contributed by atoms with Crippen LogP contribution in [0.4, 0.5) is 0 Å². The molecule has 3 unspecified atom stereocenters. The van der Waals surface area contributed by atoms with E-state index in [2.05, 4.69) is 19.9 Å². The molecule has 2 rings (SSSR count). The van der Waals surface area contributed by atoms with Crippen LogP contribution in [0.2, 0.25) is 0 Å². The van der Waals surface area contributed by atoms with Crippen LogP contribution in [0.3, 0.4) is 0 Å². The zero-order valence-corrected chi connectivity index (χ0v) is 10.6. The summed E-state index contributed by atoms with van der Waals surface area (Å²) in [5, 5.41) is 10.6. The standard InChI is InChI=1S/C14H25NO/c1-10-6-11(2)8-12(7-10)13(16)14(9-15)4-3-5-14/h6,10,12-13,16H,3-5,7-9,15H2,1-2H3. The van der Waals surface area contributed by atoms with Gasteiger partial charge < -0.3 is 10.8 Å². The molecule has 0 aromatic heterocycles. The third-order valence-electron chi connectivity index (χ3n) is 4.66. The highest BCUT2D eigenvalue weighted by molar-refractivity contribution is 5.09. The number of aliphatic hydroxyl groups is 1. The number of allylic oxidation sites excluding steroid dienone is 2. The average Bonchev–Trinajstić information content (AvgIpc) is 2.15. The summed E-state index contributed by atoms with van der Waals surface area (Å²) in [7, 11) is 0. The van der Waals surface area contributed by atoms with Gasteiger partial charge in [0.1, 0.15) is 0 Å². The molecule has 1 fully saturated rings. The first-order chi connectivity index (χ1) is 7.57. The fourth-order valence-corrected chi connectivity index (χ4v) is 3.59. The molecule has 3 N–H and O–H groups in total. The molecule has 0 aromatic rings. The number of nitrogens with two attached hydrogens (primary N) is 1. The van der Waals surface area contributed by atoms with Gasteiger partial charge in [0.25, 0.3) is 0 Å². The van der Waals surface area contributed by atoms with Gasteiger partial charge in [0, 0.05) is 12.0 Å². The first kappa shape index (κ1) is 12.1. The predicted molar refractivity (Wildman–Crippen MR) is 67.0 cm³/mol. The van der Waals surface area contributed by atoms with Gasteiger partial charge in [-0.05, 0) is 44.4 Å². The third kappa shape index (κ3) is 2.05. The van der Waals surface area contributed by atoms with E-state index in [9.17, 15) is 5.11 Å². The molecule has 3 atom stereocenters.